The van der Waals surface area contributed by atoms with Gasteiger partial charge < -0.3 is 15.4 Å². The van der Waals surface area contributed by atoms with Gasteiger partial charge >= 0.3 is 0 Å². The van der Waals surface area contributed by atoms with E-state index in [1.54, 1.807) is 7.11 Å². The summed E-state index contributed by atoms with van der Waals surface area (Å²) in [5.41, 5.74) is 2.94. The first-order chi connectivity index (χ1) is 7.31. The molecule has 0 saturated carbocycles. The Kier molecular flexibility index (Phi) is 1.89. The van der Waals surface area contributed by atoms with Crippen molar-refractivity contribution in [1.82, 2.24) is 5.32 Å². The van der Waals surface area contributed by atoms with Crippen LogP contribution in [0, 0.1) is 0 Å². The molecular formula is C12H16N2O. The van der Waals surface area contributed by atoms with Crippen molar-refractivity contribution in [2.24, 2.45) is 0 Å². The van der Waals surface area contributed by atoms with Crippen molar-refractivity contribution in [1.29, 1.82) is 0 Å². The highest BCUT2D eigenvalue weighted by Gasteiger charge is 2.39. The predicted molar refractivity (Wildman–Crippen MR) is 60.5 cm³/mol. The third kappa shape index (κ3) is 1.38. The van der Waals surface area contributed by atoms with Crippen LogP contribution in [0.15, 0.2) is 18.2 Å². The molecular weight excluding hydrogens is 188 g/mol. The summed E-state index contributed by atoms with van der Waals surface area (Å²) in [5, 5.41) is 7.07. The van der Waals surface area contributed by atoms with Crippen LogP contribution < -0.4 is 15.4 Å². The van der Waals surface area contributed by atoms with Crippen LogP contribution in [-0.4, -0.2) is 25.7 Å². The Morgan fingerprint density at radius 3 is 3.07 bits per heavy atom. The van der Waals surface area contributed by atoms with Crippen molar-refractivity contribution in [3.05, 3.63) is 23.8 Å². The normalized spacial score (nSPS) is 27.8. The molecule has 15 heavy (non-hydrogen) atoms. The van der Waals surface area contributed by atoms with Gasteiger partial charge in [0.2, 0.25) is 0 Å². The van der Waals surface area contributed by atoms with Gasteiger partial charge in [-0.2, -0.15) is 0 Å². The summed E-state index contributed by atoms with van der Waals surface area (Å²) in [4.78, 5) is 0. The first-order valence-electron chi connectivity index (χ1n) is 5.47. The second-order valence-electron chi connectivity index (χ2n) is 4.53. The van der Waals surface area contributed by atoms with Crippen LogP contribution in [0.2, 0.25) is 0 Å². The maximum Gasteiger partial charge on any atom is 0.119 e. The quantitative estimate of drug-likeness (QED) is 0.725. The molecule has 2 heterocycles. The van der Waals surface area contributed by atoms with E-state index in [1.807, 2.05) is 6.07 Å². The molecule has 0 aromatic heterocycles. The minimum Gasteiger partial charge on any atom is -0.497 e. The smallest absolute Gasteiger partial charge is 0.119 e. The number of ether oxygens (including phenoxy) is 1. The highest BCUT2D eigenvalue weighted by molar-refractivity contribution is 5.61. The molecule has 1 aromatic rings. The monoisotopic (exact) mass is 204 g/mol. The lowest BCUT2D eigenvalue weighted by Crippen LogP contribution is -2.38. The molecule has 1 atom stereocenters. The number of fused-ring (bicyclic) bond motifs is 1. The SMILES string of the molecule is COc1ccc2c(c1)CC1(CCNC1)N2. The number of benzene rings is 1. The second-order valence-corrected chi connectivity index (χ2v) is 4.53. The molecule has 0 radical (unpaired) electrons. The molecule has 3 rings (SSSR count). The van der Waals surface area contributed by atoms with Gasteiger partial charge in [0, 0.05) is 12.2 Å². The van der Waals surface area contributed by atoms with Gasteiger partial charge in [0.15, 0.2) is 0 Å². The van der Waals surface area contributed by atoms with Crippen molar-refractivity contribution in [2.45, 2.75) is 18.4 Å². The number of rotatable bonds is 1. The molecule has 0 bridgehead atoms. The lowest BCUT2D eigenvalue weighted by molar-refractivity contribution is 0.414. The van der Waals surface area contributed by atoms with Crippen molar-refractivity contribution < 1.29 is 4.74 Å². The van der Waals surface area contributed by atoms with E-state index in [4.69, 9.17) is 4.74 Å². The number of hydrogen-bond acceptors (Lipinski definition) is 3. The summed E-state index contributed by atoms with van der Waals surface area (Å²) in [5.74, 6) is 0.957. The summed E-state index contributed by atoms with van der Waals surface area (Å²) in [6.07, 6.45) is 2.33. The Hall–Kier alpha value is -1.22. The van der Waals surface area contributed by atoms with E-state index in [1.165, 1.54) is 17.7 Å². The Labute approximate surface area is 89.8 Å². The minimum atomic E-state index is 0.273. The molecule has 2 aliphatic heterocycles. The lowest BCUT2D eigenvalue weighted by atomic mass is 9.94. The molecule has 80 valence electrons. The van der Waals surface area contributed by atoms with Crippen molar-refractivity contribution in [3.63, 3.8) is 0 Å². The third-order valence-electron chi connectivity index (χ3n) is 3.48. The number of anilines is 1. The van der Waals surface area contributed by atoms with Crippen LogP contribution in [0.1, 0.15) is 12.0 Å². The summed E-state index contributed by atoms with van der Waals surface area (Å²) in [6, 6.07) is 6.30. The summed E-state index contributed by atoms with van der Waals surface area (Å²) in [6.45, 7) is 2.20. The van der Waals surface area contributed by atoms with Gasteiger partial charge in [-0.25, -0.2) is 0 Å². The summed E-state index contributed by atoms with van der Waals surface area (Å²) in [7, 11) is 1.72. The van der Waals surface area contributed by atoms with Gasteiger partial charge in [0.25, 0.3) is 0 Å². The van der Waals surface area contributed by atoms with E-state index in [-0.39, 0.29) is 5.54 Å². The maximum absolute atomic E-state index is 5.25. The van der Waals surface area contributed by atoms with Gasteiger partial charge in [-0.1, -0.05) is 0 Å². The average molecular weight is 204 g/mol. The van der Waals surface area contributed by atoms with Crippen LogP contribution in [0.25, 0.3) is 0 Å². The van der Waals surface area contributed by atoms with E-state index in [9.17, 15) is 0 Å². The zero-order valence-corrected chi connectivity index (χ0v) is 8.97. The Morgan fingerprint density at radius 2 is 2.33 bits per heavy atom. The van der Waals surface area contributed by atoms with Gasteiger partial charge in [-0.3, -0.25) is 0 Å². The molecule has 1 saturated heterocycles. The van der Waals surface area contributed by atoms with Crippen LogP contribution in [0.5, 0.6) is 5.75 Å². The van der Waals surface area contributed by atoms with Gasteiger partial charge in [0.1, 0.15) is 5.75 Å². The van der Waals surface area contributed by atoms with E-state index in [0.717, 1.165) is 25.3 Å². The third-order valence-corrected chi connectivity index (χ3v) is 3.48. The molecule has 1 aromatic carbocycles. The average Bonchev–Trinajstić information content (AvgIpc) is 2.84. The molecule has 2 aliphatic rings. The fraction of sp³-hybridized carbons (Fsp3) is 0.500. The first kappa shape index (κ1) is 9.04. The standard InChI is InChI=1S/C12H16N2O/c1-15-10-2-3-11-9(6-10)7-12(14-11)4-5-13-8-12/h2-3,6,13-14H,4-5,7-8H2,1H3. The zero-order chi connectivity index (χ0) is 10.3. The Balaban J connectivity index is 1.92. The molecule has 1 unspecified atom stereocenters. The summed E-state index contributed by atoms with van der Waals surface area (Å²) >= 11 is 0. The molecule has 2 N–H and O–H groups in total. The lowest BCUT2D eigenvalue weighted by Gasteiger charge is -2.22. The first-order valence-corrected chi connectivity index (χ1v) is 5.47. The maximum atomic E-state index is 5.25. The van der Waals surface area contributed by atoms with Gasteiger partial charge in [0.05, 0.1) is 12.6 Å². The largest absolute Gasteiger partial charge is 0.497 e. The highest BCUT2D eigenvalue weighted by Crippen LogP contribution is 2.37. The van der Waals surface area contributed by atoms with E-state index in [0.29, 0.717) is 0 Å². The van der Waals surface area contributed by atoms with Gasteiger partial charge in [-0.05, 0) is 43.1 Å². The fourth-order valence-electron chi connectivity index (χ4n) is 2.66. The molecule has 1 spiro atoms. The van der Waals surface area contributed by atoms with Crippen molar-refractivity contribution in [3.8, 4) is 5.75 Å². The minimum absolute atomic E-state index is 0.273. The molecule has 0 aliphatic carbocycles. The van der Waals surface area contributed by atoms with E-state index < -0.39 is 0 Å². The zero-order valence-electron chi connectivity index (χ0n) is 8.97. The van der Waals surface area contributed by atoms with Crippen LogP contribution in [0.4, 0.5) is 5.69 Å². The fourth-order valence-corrected chi connectivity index (χ4v) is 2.66. The summed E-state index contributed by atoms with van der Waals surface area (Å²) < 4.78 is 5.25. The van der Waals surface area contributed by atoms with E-state index in [2.05, 4.69) is 22.8 Å². The van der Waals surface area contributed by atoms with Crippen LogP contribution >= 0.6 is 0 Å². The molecule has 3 heteroatoms. The molecule has 3 nitrogen and oxygen atoms in total. The van der Waals surface area contributed by atoms with Crippen molar-refractivity contribution in [2.75, 3.05) is 25.5 Å². The molecule has 1 fully saturated rings. The number of nitrogens with one attached hydrogen (secondary N) is 2. The Bertz CT molecular complexity index is 383. The van der Waals surface area contributed by atoms with Crippen LogP contribution in [0.3, 0.4) is 0 Å². The van der Waals surface area contributed by atoms with Crippen molar-refractivity contribution >= 4 is 5.69 Å². The van der Waals surface area contributed by atoms with E-state index >= 15 is 0 Å². The highest BCUT2D eigenvalue weighted by atomic mass is 16.5. The van der Waals surface area contributed by atoms with Gasteiger partial charge in [-0.15, -0.1) is 0 Å². The van der Waals surface area contributed by atoms with Crippen LogP contribution in [-0.2, 0) is 6.42 Å². The number of hydrogen-bond donors (Lipinski definition) is 2. The predicted octanol–water partition coefficient (Wildman–Crippen LogP) is 1.40. The topological polar surface area (TPSA) is 33.3 Å². The Morgan fingerprint density at radius 1 is 1.40 bits per heavy atom. The molecule has 0 amide bonds. The number of methoxy groups -OCH3 is 1. The second kappa shape index (κ2) is 3.14.